The number of nitrogens with zero attached hydrogens (tertiary/aromatic N) is 2. The van der Waals surface area contributed by atoms with Crippen LogP contribution in [0.2, 0.25) is 0 Å². The molecule has 1 amide bonds. The van der Waals surface area contributed by atoms with Crippen LogP contribution in [0.15, 0.2) is 0 Å². The van der Waals surface area contributed by atoms with Gasteiger partial charge in [-0.25, -0.2) is 0 Å². The van der Waals surface area contributed by atoms with Crippen molar-refractivity contribution in [1.29, 1.82) is 0 Å². The number of hydrogen-bond acceptors (Lipinski definition) is 3. The lowest BCUT2D eigenvalue weighted by Gasteiger charge is -2.46. The minimum Gasteiger partial charge on any atom is -0.392 e. The normalized spacial score (nSPS) is 27.7. The second kappa shape index (κ2) is 5.31. The number of carbonyl (C=O) groups excluding carboxylic acids is 1. The van der Waals surface area contributed by atoms with Gasteiger partial charge in [-0.05, 0) is 32.9 Å². The molecule has 0 heterocycles. The van der Waals surface area contributed by atoms with Gasteiger partial charge in [0.2, 0.25) is 5.91 Å². The SMILES string of the molecule is CC1CC(C(=O)N(C)CCN(C)C)(C(N)=S)C1. The van der Waals surface area contributed by atoms with Gasteiger partial charge in [0.15, 0.2) is 0 Å². The van der Waals surface area contributed by atoms with E-state index in [1.807, 2.05) is 21.1 Å². The fraction of sp³-hybridized carbons (Fsp3) is 0.833. The van der Waals surface area contributed by atoms with Crippen LogP contribution in [-0.2, 0) is 4.79 Å². The van der Waals surface area contributed by atoms with Crippen LogP contribution < -0.4 is 5.73 Å². The molecule has 0 atom stereocenters. The molecule has 0 saturated heterocycles. The number of hydrogen-bond donors (Lipinski definition) is 1. The lowest BCUT2D eigenvalue weighted by Crippen LogP contribution is -2.56. The molecule has 1 aliphatic carbocycles. The fourth-order valence-corrected chi connectivity index (χ4v) is 2.68. The summed E-state index contributed by atoms with van der Waals surface area (Å²) >= 11 is 5.08. The highest BCUT2D eigenvalue weighted by molar-refractivity contribution is 7.80. The molecule has 1 aliphatic rings. The Kier molecular flexibility index (Phi) is 4.49. The van der Waals surface area contributed by atoms with Crippen molar-refractivity contribution in [1.82, 2.24) is 9.80 Å². The summed E-state index contributed by atoms with van der Waals surface area (Å²) in [6.45, 7) is 3.69. The van der Waals surface area contributed by atoms with E-state index in [0.29, 0.717) is 17.5 Å². The lowest BCUT2D eigenvalue weighted by molar-refractivity contribution is -0.142. The largest absolute Gasteiger partial charge is 0.392 e. The molecular formula is C12H23N3OS. The maximum absolute atomic E-state index is 12.4. The van der Waals surface area contributed by atoms with Crippen LogP contribution in [0.4, 0.5) is 0 Å². The monoisotopic (exact) mass is 257 g/mol. The zero-order chi connectivity index (χ0) is 13.2. The molecule has 0 bridgehead atoms. The van der Waals surface area contributed by atoms with Crippen molar-refractivity contribution in [2.45, 2.75) is 19.8 Å². The van der Waals surface area contributed by atoms with Crippen molar-refractivity contribution in [3.8, 4) is 0 Å². The van der Waals surface area contributed by atoms with Gasteiger partial charge in [0.1, 0.15) is 0 Å². The molecule has 1 rings (SSSR count). The van der Waals surface area contributed by atoms with Gasteiger partial charge in [-0.1, -0.05) is 19.1 Å². The molecule has 0 spiro atoms. The van der Waals surface area contributed by atoms with E-state index in [0.717, 1.165) is 19.4 Å². The van der Waals surface area contributed by atoms with Gasteiger partial charge in [-0.3, -0.25) is 4.79 Å². The molecule has 1 fully saturated rings. The first kappa shape index (κ1) is 14.4. The highest BCUT2D eigenvalue weighted by Gasteiger charge is 2.51. The molecule has 17 heavy (non-hydrogen) atoms. The van der Waals surface area contributed by atoms with E-state index in [1.54, 1.807) is 4.90 Å². The van der Waals surface area contributed by atoms with Crippen LogP contribution in [0.5, 0.6) is 0 Å². The molecule has 0 aliphatic heterocycles. The Balaban J connectivity index is 2.64. The van der Waals surface area contributed by atoms with E-state index in [4.69, 9.17) is 18.0 Å². The van der Waals surface area contributed by atoms with Gasteiger partial charge in [0.05, 0.1) is 10.4 Å². The quantitative estimate of drug-likeness (QED) is 0.737. The fourth-order valence-electron chi connectivity index (χ4n) is 2.43. The summed E-state index contributed by atoms with van der Waals surface area (Å²) in [6, 6.07) is 0. The average Bonchev–Trinajstić information content (AvgIpc) is 2.19. The summed E-state index contributed by atoms with van der Waals surface area (Å²) in [7, 11) is 5.81. The van der Waals surface area contributed by atoms with E-state index in [2.05, 4.69) is 11.8 Å². The van der Waals surface area contributed by atoms with Gasteiger partial charge in [-0.15, -0.1) is 0 Å². The molecule has 0 aromatic heterocycles. The van der Waals surface area contributed by atoms with Gasteiger partial charge < -0.3 is 15.5 Å². The number of likely N-dealkylation sites (N-methyl/N-ethyl adjacent to an activating group) is 2. The summed E-state index contributed by atoms with van der Waals surface area (Å²) in [6.07, 6.45) is 1.60. The van der Waals surface area contributed by atoms with Crippen LogP contribution in [0, 0.1) is 11.3 Å². The number of thiocarbonyl (C=S) groups is 1. The molecule has 98 valence electrons. The van der Waals surface area contributed by atoms with Gasteiger partial charge in [0, 0.05) is 20.1 Å². The Labute approximate surface area is 109 Å². The number of rotatable bonds is 5. The van der Waals surface area contributed by atoms with Crippen molar-refractivity contribution in [2.75, 3.05) is 34.2 Å². The molecule has 0 aromatic rings. The third kappa shape index (κ3) is 2.96. The molecule has 0 unspecified atom stereocenters. The molecule has 5 heteroatoms. The van der Waals surface area contributed by atoms with Crippen LogP contribution >= 0.6 is 12.2 Å². The smallest absolute Gasteiger partial charge is 0.235 e. The standard InChI is InChI=1S/C12H23N3OS/c1-9-7-12(8-9,10(13)17)11(16)15(4)6-5-14(2)3/h9H,5-8H2,1-4H3,(H2,13,17). The van der Waals surface area contributed by atoms with Crippen LogP contribution in [0.25, 0.3) is 0 Å². The molecule has 2 N–H and O–H groups in total. The minimum atomic E-state index is -0.560. The first-order valence-corrected chi connectivity index (χ1v) is 6.40. The first-order valence-electron chi connectivity index (χ1n) is 6.00. The van der Waals surface area contributed by atoms with Crippen molar-refractivity contribution in [3.63, 3.8) is 0 Å². The predicted molar refractivity (Wildman–Crippen MR) is 73.8 cm³/mol. The molecule has 1 saturated carbocycles. The average molecular weight is 257 g/mol. The summed E-state index contributed by atoms with van der Waals surface area (Å²) in [4.78, 5) is 16.6. The Morgan fingerprint density at radius 2 is 1.88 bits per heavy atom. The zero-order valence-electron chi connectivity index (χ0n) is 11.2. The molecule has 4 nitrogen and oxygen atoms in total. The maximum atomic E-state index is 12.4. The van der Waals surface area contributed by atoms with Crippen molar-refractivity contribution in [3.05, 3.63) is 0 Å². The molecule has 0 radical (unpaired) electrons. The van der Waals surface area contributed by atoms with E-state index < -0.39 is 5.41 Å². The van der Waals surface area contributed by atoms with Crippen molar-refractivity contribution < 1.29 is 4.79 Å². The Hall–Kier alpha value is -0.680. The number of nitrogens with two attached hydrogens (primary N) is 1. The maximum Gasteiger partial charge on any atom is 0.235 e. The van der Waals surface area contributed by atoms with Gasteiger partial charge >= 0.3 is 0 Å². The molecule has 0 aromatic carbocycles. The van der Waals surface area contributed by atoms with E-state index in [-0.39, 0.29) is 5.91 Å². The van der Waals surface area contributed by atoms with Crippen molar-refractivity contribution >= 4 is 23.1 Å². The van der Waals surface area contributed by atoms with Crippen molar-refractivity contribution in [2.24, 2.45) is 17.1 Å². The van der Waals surface area contributed by atoms with Gasteiger partial charge in [-0.2, -0.15) is 0 Å². The summed E-state index contributed by atoms with van der Waals surface area (Å²) < 4.78 is 0. The second-order valence-electron chi connectivity index (χ2n) is 5.49. The molecular weight excluding hydrogens is 234 g/mol. The van der Waals surface area contributed by atoms with E-state index in [1.165, 1.54) is 0 Å². The highest BCUT2D eigenvalue weighted by Crippen LogP contribution is 2.46. The van der Waals surface area contributed by atoms with E-state index in [9.17, 15) is 4.79 Å². The number of amides is 1. The topological polar surface area (TPSA) is 49.6 Å². The van der Waals surface area contributed by atoms with E-state index >= 15 is 0 Å². The second-order valence-corrected chi connectivity index (χ2v) is 5.93. The number of carbonyl (C=O) groups is 1. The Bertz CT molecular complexity index is 311. The summed E-state index contributed by atoms with van der Waals surface area (Å²) in [5.74, 6) is 0.632. The minimum absolute atomic E-state index is 0.0879. The Morgan fingerprint density at radius 3 is 2.24 bits per heavy atom. The first-order chi connectivity index (χ1) is 7.79. The predicted octanol–water partition coefficient (Wildman–Crippen LogP) is 0.709. The third-order valence-corrected chi connectivity index (χ3v) is 3.89. The van der Waals surface area contributed by atoms with Crippen LogP contribution in [0.3, 0.4) is 0 Å². The van der Waals surface area contributed by atoms with Crippen LogP contribution in [-0.4, -0.2) is 54.9 Å². The summed E-state index contributed by atoms with van der Waals surface area (Å²) in [5.41, 5.74) is 5.20. The summed E-state index contributed by atoms with van der Waals surface area (Å²) in [5, 5.41) is 0. The zero-order valence-corrected chi connectivity index (χ0v) is 12.0. The van der Waals surface area contributed by atoms with Crippen LogP contribution in [0.1, 0.15) is 19.8 Å². The third-order valence-electron chi connectivity index (χ3n) is 3.50. The van der Waals surface area contributed by atoms with Gasteiger partial charge in [0.25, 0.3) is 0 Å². The Morgan fingerprint density at radius 1 is 1.35 bits per heavy atom. The highest BCUT2D eigenvalue weighted by atomic mass is 32.1. The lowest BCUT2D eigenvalue weighted by atomic mass is 9.61.